The Balaban J connectivity index is 1.80. The van der Waals surface area contributed by atoms with E-state index in [4.69, 9.17) is 15.2 Å². The lowest BCUT2D eigenvalue weighted by Crippen LogP contribution is -2.48. The number of ether oxygens (including phenoxy) is 2. The van der Waals surface area contributed by atoms with Crippen molar-refractivity contribution in [3.05, 3.63) is 0 Å². The number of rotatable bonds is 4. The van der Waals surface area contributed by atoms with Crippen LogP contribution in [-0.2, 0) is 14.3 Å². The van der Waals surface area contributed by atoms with Gasteiger partial charge in [-0.3, -0.25) is 4.79 Å². The van der Waals surface area contributed by atoms with Gasteiger partial charge in [0, 0.05) is 45.7 Å². The summed E-state index contributed by atoms with van der Waals surface area (Å²) in [5.74, 6) is 0.112. The number of hydrogen-bond acceptors (Lipinski definition) is 4. The van der Waals surface area contributed by atoms with Crippen molar-refractivity contribution in [3.63, 3.8) is 0 Å². The van der Waals surface area contributed by atoms with Crippen LogP contribution in [0.25, 0.3) is 0 Å². The smallest absolute Gasteiger partial charge is 0.248 e. The molecule has 0 saturated carbocycles. The van der Waals surface area contributed by atoms with Crippen molar-refractivity contribution < 1.29 is 14.3 Å². The van der Waals surface area contributed by atoms with Gasteiger partial charge in [0.25, 0.3) is 0 Å². The third-order valence-corrected chi connectivity index (χ3v) is 4.24. The summed E-state index contributed by atoms with van der Waals surface area (Å²) < 4.78 is 11.2. The Labute approximate surface area is 115 Å². The van der Waals surface area contributed by atoms with Crippen molar-refractivity contribution in [2.45, 2.75) is 44.1 Å². The Morgan fingerprint density at radius 3 is 2.37 bits per heavy atom. The molecule has 2 heterocycles. The molecule has 5 nitrogen and oxygen atoms in total. The maximum absolute atomic E-state index is 12.2. The van der Waals surface area contributed by atoms with Crippen molar-refractivity contribution in [3.8, 4) is 0 Å². The molecule has 0 aliphatic carbocycles. The quantitative estimate of drug-likeness (QED) is 0.825. The van der Waals surface area contributed by atoms with Gasteiger partial charge in [-0.05, 0) is 12.8 Å². The minimum absolute atomic E-state index is 0.112. The Kier molecular flexibility index (Phi) is 5.60. The van der Waals surface area contributed by atoms with Crippen molar-refractivity contribution in [1.82, 2.24) is 4.90 Å². The van der Waals surface area contributed by atoms with Gasteiger partial charge in [-0.1, -0.05) is 12.8 Å². The summed E-state index contributed by atoms with van der Waals surface area (Å²) >= 11 is 0. The summed E-state index contributed by atoms with van der Waals surface area (Å²) in [6.07, 6.45) is 6.26. The van der Waals surface area contributed by atoms with Gasteiger partial charge in [-0.2, -0.15) is 0 Å². The number of nitrogens with zero attached hydrogens (tertiary/aromatic N) is 1. The van der Waals surface area contributed by atoms with Crippen molar-refractivity contribution in [1.29, 1.82) is 0 Å². The molecule has 19 heavy (non-hydrogen) atoms. The van der Waals surface area contributed by atoms with Crippen LogP contribution < -0.4 is 5.73 Å². The van der Waals surface area contributed by atoms with Crippen LogP contribution in [0.5, 0.6) is 0 Å². The molecule has 0 spiro atoms. The average molecular weight is 270 g/mol. The van der Waals surface area contributed by atoms with Crippen molar-refractivity contribution in [2.75, 3.05) is 39.5 Å². The minimum Gasteiger partial charge on any atom is -0.381 e. The zero-order valence-electron chi connectivity index (χ0n) is 11.7. The highest BCUT2D eigenvalue weighted by Gasteiger charge is 2.33. The van der Waals surface area contributed by atoms with E-state index in [9.17, 15) is 4.79 Å². The molecule has 1 amide bonds. The maximum atomic E-state index is 12.2. The van der Waals surface area contributed by atoms with E-state index in [1.165, 1.54) is 12.8 Å². The fourth-order valence-electron chi connectivity index (χ4n) is 2.78. The summed E-state index contributed by atoms with van der Waals surface area (Å²) in [5.41, 5.74) is 5.47. The lowest BCUT2D eigenvalue weighted by Gasteiger charge is -2.36. The van der Waals surface area contributed by atoms with E-state index in [0.29, 0.717) is 19.8 Å². The normalized spacial score (nSPS) is 23.9. The first-order valence-electron chi connectivity index (χ1n) is 7.45. The van der Waals surface area contributed by atoms with Crippen LogP contribution >= 0.6 is 0 Å². The fourth-order valence-corrected chi connectivity index (χ4v) is 2.78. The summed E-state index contributed by atoms with van der Waals surface area (Å²) in [4.78, 5) is 14.1. The van der Waals surface area contributed by atoms with Crippen molar-refractivity contribution >= 4 is 5.91 Å². The molecule has 110 valence electrons. The zero-order valence-corrected chi connectivity index (χ0v) is 11.7. The van der Waals surface area contributed by atoms with Crippen LogP contribution in [-0.4, -0.2) is 55.9 Å². The van der Waals surface area contributed by atoms with E-state index in [-0.39, 0.29) is 18.1 Å². The van der Waals surface area contributed by atoms with Crippen LogP contribution in [0, 0.1) is 0 Å². The number of hydrogen-bond donors (Lipinski definition) is 1. The predicted octanol–water partition coefficient (Wildman–Crippen LogP) is 0.913. The monoisotopic (exact) mass is 270 g/mol. The van der Waals surface area contributed by atoms with Crippen LogP contribution in [0.1, 0.15) is 38.5 Å². The SMILES string of the molecule is NCC1(OCC(=O)N2CCCCCC2)CCOCC1. The molecule has 0 aromatic rings. The summed E-state index contributed by atoms with van der Waals surface area (Å²) in [6, 6.07) is 0. The maximum Gasteiger partial charge on any atom is 0.248 e. The Hall–Kier alpha value is -0.650. The van der Waals surface area contributed by atoms with Gasteiger partial charge in [0.15, 0.2) is 0 Å². The van der Waals surface area contributed by atoms with E-state index >= 15 is 0 Å². The standard InChI is InChI=1S/C14H26N2O3/c15-12-14(5-9-18-10-6-14)19-11-13(17)16-7-3-1-2-4-8-16/h1-12,15H2. The molecule has 2 rings (SSSR count). The van der Waals surface area contributed by atoms with Crippen LogP contribution in [0.3, 0.4) is 0 Å². The minimum atomic E-state index is -0.347. The van der Waals surface area contributed by atoms with Gasteiger partial charge >= 0.3 is 0 Å². The number of carbonyl (C=O) groups excluding carboxylic acids is 1. The van der Waals surface area contributed by atoms with Crippen molar-refractivity contribution in [2.24, 2.45) is 5.73 Å². The number of carbonyl (C=O) groups is 1. The first-order chi connectivity index (χ1) is 9.26. The van der Waals surface area contributed by atoms with Crippen LogP contribution in [0.15, 0.2) is 0 Å². The summed E-state index contributed by atoms with van der Waals surface area (Å²) in [5, 5.41) is 0. The molecule has 0 aromatic carbocycles. The van der Waals surface area contributed by atoms with E-state index in [2.05, 4.69) is 0 Å². The van der Waals surface area contributed by atoms with Gasteiger partial charge in [-0.15, -0.1) is 0 Å². The Morgan fingerprint density at radius 2 is 1.79 bits per heavy atom. The highest BCUT2D eigenvalue weighted by atomic mass is 16.5. The molecule has 2 aliphatic rings. The summed E-state index contributed by atoms with van der Waals surface area (Å²) in [6.45, 7) is 3.73. The average Bonchev–Trinajstić information content (AvgIpc) is 2.75. The highest BCUT2D eigenvalue weighted by molar-refractivity contribution is 5.77. The predicted molar refractivity (Wildman–Crippen MR) is 72.8 cm³/mol. The molecular formula is C14H26N2O3. The van der Waals surface area contributed by atoms with Gasteiger partial charge < -0.3 is 20.1 Å². The highest BCUT2D eigenvalue weighted by Crippen LogP contribution is 2.24. The topological polar surface area (TPSA) is 64.8 Å². The first-order valence-corrected chi connectivity index (χ1v) is 7.45. The summed E-state index contributed by atoms with van der Waals surface area (Å²) in [7, 11) is 0. The van der Waals surface area contributed by atoms with Crippen LogP contribution in [0.2, 0.25) is 0 Å². The molecule has 5 heteroatoms. The molecule has 0 atom stereocenters. The molecular weight excluding hydrogens is 244 g/mol. The largest absolute Gasteiger partial charge is 0.381 e. The van der Waals surface area contributed by atoms with E-state index in [1.54, 1.807) is 0 Å². The second-order valence-electron chi connectivity index (χ2n) is 5.58. The first kappa shape index (κ1) is 14.8. The third-order valence-electron chi connectivity index (χ3n) is 4.24. The lowest BCUT2D eigenvalue weighted by atomic mass is 9.94. The van der Waals surface area contributed by atoms with Gasteiger partial charge in [-0.25, -0.2) is 0 Å². The van der Waals surface area contributed by atoms with E-state index in [0.717, 1.165) is 38.8 Å². The Bertz CT molecular complexity index is 282. The van der Waals surface area contributed by atoms with E-state index in [1.807, 2.05) is 4.90 Å². The second kappa shape index (κ2) is 7.22. The van der Waals surface area contributed by atoms with Gasteiger partial charge in [0.05, 0.1) is 5.60 Å². The molecule has 0 radical (unpaired) electrons. The molecule has 0 bridgehead atoms. The molecule has 2 saturated heterocycles. The van der Waals surface area contributed by atoms with Gasteiger partial charge in [0.2, 0.25) is 5.91 Å². The molecule has 0 unspecified atom stereocenters. The third kappa shape index (κ3) is 4.16. The molecule has 2 aliphatic heterocycles. The fraction of sp³-hybridized carbons (Fsp3) is 0.929. The lowest BCUT2D eigenvalue weighted by molar-refractivity contribution is -0.150. The molecule has 0 aromatic heterocycles. The second-order valence-corrected chi connectivity index (χ2v) is 5.58. The molecule has 2 N–H and O–H groups in total. The van der Waals surface area contributed by atoms with E-state index < -0.39 is 0 Å². The van der Waals surface area contributed by atoms with Gasteiger partial charge in [0.1, 0.15) is 6.61 Å². The number of nitrogens with two attached hydrogens (primary N) is 1. The van der Waals surface area contributed by atoms with Crippen LogP contribution in [0.4, 0.5) is 0 Å². The zero-order chi connectivity index (χ0) is 13.6. The number of likely N-dealkylation sites (tertiary alicyclic amines) is 1. The Morgan fingerprint density at radius 1 is 1.16 bits per heavy atom. The molecule has 2 fully saturated rings. The number of amides is 1.